The molecule has 0 fully saturated rings. The Balaban J connectivity index is 2.33. The molecule has 0 aliphatic carbocycles. The van der Waals surface area contributed by atoms with Crippen LogP contribution in [-0.2, 0) is 0 Å². The first-order valence-electron chi connectivity index (χ1n) is 4.02. The molecule has 0 bridgehead atoms. The fraction of sp³-hybridized carbons (Fsp3) is 0.222. The fourth-order valence-electron chi connectivity index (χ4n) is 1.03. The number of hydrogen-bond donors (Lipinski definition) is 1. The Morgan fingerprint density at radius 1 is 1.46 bits per heavy atom. The van der Waals surface area contributed by atoms with E-state index in [4.69, 9.17) is 5.73 Å². The average Bonchev–Trinajstić information content (AvgIpc) is 2.75. The van der Waals surface area contributed by atoms with Crippen molar-refractivity contribution < 1.29 is 0 Å². The van der Waals surface area contributed by atoms with E-state index in [2.05, 4.69) is 21.8 Å². The summed E-state index contributed by atoms with van der Waals surface area (Å²) >= 11 is 3.33. The molecule has 1 unspecified atom stereocenters. The molecule has 0 aromatic carbocycles. The lowest BCUT2D eigenvalue weighted by Gasteiger charge is -1.96. The summed E-state index contributed by atoms with van der Waals surface area (Å²) in [5, 5.41) is 5.12. The first kappa shape index (κ1) is 8.87. The monoisotopic (exact) mass is 210 g/mol. The topological polar surface area (TPSA) is 38.9 Å². The van der Waals surface area contributed by atoms with Crippen molar-refractivity contribution in [3.05, 3.63) is 27.9 Å². The predicted molar refractivity (Wildman–Crippen MR) is 58.0 cm³/mol. The number of thiazole rings is 1. The van der Waals surface area contributed by atoms with Crippen LogP contribution in [0.15, 0.2) is 22.9 Å². The van der Waals surface area contributed by atoms with Gasteiger partial charge >= 0.3 is 0 Å². The number of nitrogens with zero attached hydrogens (tertiary/aromatic N) is 1. The Morgan fingerprint density at radius 2 is 2.31 bits per heavy atom. The first-order valence-corrected chi connectivity index (χ1v) is 5.78. The van der Waals surface area contributed by atoms with Gasteiger partial charge in [0.2, 0.25) is 0 Å². The molecule has 2 aromatic heterocycles. The molecule has 13 heavy (non-hydrogen) atoms. The summed E-state index contributed by atoms with van der Waals surface area (Å²) in [4.78, 5) is 5.67. The zero-order valence-electron chi connectivity index (χ0n) is 7.23. The average molecular weight is 210 g/mol. The number of nitrogens with two attached hydrogens (primary N) is 1. The summed E-state index contributed by atoms with van der Waals surface area (Å²) in [6.45, 7) is 1.96. The van der Waals surface area contributed by atoms with Crippen LogP contribution in [0, 0.1) is 0 Å². The highest BCUT2D eigenvalue weighted by molar-refractivity contribution is 7.14. The SMILES string of the molecule is CC(N)c1nc(-c2cccs2)cs1. The third kappa shape index (κ3) is 1.80. The molecule has 0 saturated carbocycles. The molecule has 0 spiro atoms. The maximum absolute atomic E-state index is 5.73. The van der Waals surface area contributed by atoms with E-state index in [9.17, 15) is 0 Å². The van der Waals surface area contributed by atoms with Crippen LogP contribution in [0.25, 0.3) is 10.6 Å². The second-order valence-corrected chi connectivity index (χ2v) is 4.67. The second-order valence-electron chi connectivity index (χ2n) is 2.84. The van der Waals surface area contributed by atoms with Crippen molar-refractivity contribution in [1.82, 2.24) is 4.98 Å². The molecule has 0 radical (unpaired) electrons. The molecule has 0 saturated heterocycles. The molecule has 1 atom stereocenters. The minimum absolute atomic E-state index is 0.0405. The van der Waals surface area contributed by atoms with Crippen molar-refractivity contribution in [3.8, 4) is 10.6 Å². The van der Waals surface area contributed by atoms with E-state index in [-0.39, 0.29) is 6.04 Å². The lowest BCUT2D eigenvalue weighted by atomic mass is 10.3. The van der Waals surface area contributed by atoms with Crippen LogP contribution < -0.4 is 5.73 Å². The van der Waals surface area contributed by atoms with Crippen molar-refractivity contribution in [1.29, 1.82) is 0 Å². The second kappa shape index (κ2) is 3.57. The molecular weight excluding hydrogens is 200 g/mol. The molecule has 0 amide bonds. The third-order valence-corrected chi connectivity index (χ3v) is 3.62. The van der Waals surface area contributed by atoms with Crippen molar-refractivity contribution in [2.75, 3.05) is 0 Å². The lowest BCUT2D eigenvalue weighted by Crippen LogP contribution is -2.03. The van der Waals surface area contributed by atoms with E-state index in [0.29, 0.717) is 0 Å². The van der Waals surface area contributed by atoms with E-state index in [1.165, 1.54) is 4.88 Å². The summed E-state index contributed by atoms with van der Waals surface area (Å²) in [6, 6.07) is 4.15. The highest BCUT2D eigenvalue weighted by Crippen LogP contribution is 2.27. The Hall–Kier alpha value is -0.710. The smallest absolute Gasteiger partial charge is 0.110 e. The van der Waals surface area contributed by atoms with Gasteiger partial charge in [-0.05, 0) is 18.4 Å². The largest absolute Gasteiger partial charge is 0.322 e. The van der Waals surface area contributed by atoms with Crippen LogP contribution in [-0.4, -0.2) is 4.98 Å². The van der Waals surface area contributed by atoms with Gasteiger partial charge in [-0.2, -0.15) is 0 Å². The number of aromatic nitrogens is 1. The molecule has 0 aliphatic rings. The highest BCUT2D eigenvalue weighted by Gasteiger charge is 2.07. The number of rotatable bonds is 2. The minimum Gasteiger partial charge on any atom is -0.322 e. The lowest BCUT2D eigenvalue weighted by molar-refractivity contribution is 0.808. The summed E-state index contributed by atoms with van der Waals surface area (Å²) in [7, 11) is 0. The van der Waals surface area contributed by atoms with Gasteiger partial charge in [0.05, 0.1) is 16.6 Å². The molecule has 2 nitrogen and oxygen atoms in total. The Kier molecular flexibility index (Phi) is 2.44. The molecule has 2 N–H and O–H groups in total. The zero-order valence-corrected chi connectivity index (χ0v) is 8.86. The molecule has 68 valence electrons. The van der Waals surface area contributed by atoms with Crippen molar-refractivity contribution >= 4 is 22.7 Å². The summed E-state index contributed by atoms with van der Waals surface area (Å²) in [5.74, 6) is 0. The van der Waals surface area contributed by atoms with Gasteiger partial charge in [0.15, 0.2) is 0 Å². The van der Waals surface area contributed by atoms with Crippen LogP contribution in [0.2, 0.25) is 0 Å². The van der Waals surface area contributed by atoms with Crippen molar-refractivity contribution in [2.24, 2.45) is 5.73 Å². The van der Waals surface area contributed by atoms with E-state index < -0.39 is 0 Å². The molecule has 0 aliphatic heterocycles. The normalized spacial score (nSPS) is 13.1. The Morgan fingerprint density at radius 3 is 2.85 bits per heavy atom. The standard InChI is InChI=1S/C9H10N2S2/c1-6(10)9-11-7(5-13-9)8-3-2-4-12-8/h2-6H,10H2,1H3. The summed E-state index contributed by atoms with van der Waals surface area (Å²) < 4.78 is 0. The molecule has 4 heteroatoms. The van der Waals surface area contributed by atoms with Crippen LogP contribution in [0.3, 0.4) is 0 Å². The fourth-order valence-corrected chi connectivity index (χ4v) is 2.57. The van der Waals surface area contributed by atoms with Crippen LogP contribution in [0.4, 0.5) is 0 Å². The van der Waals surface area contributed by atoms with Gasteiger partial charge in [-0.3, -0.25) is 0 Å². The van der Waals surface area contributed by atoms with Crippen LogP contribution >= 0.6 is 22.7 Å². The number of hydrogen-bond acceptors (Lipinski definition) is 4. The van der Waals surface area contributed by atoms with Gasteiger partial charge in [-0.15, -0.1) is 22.7 Å². The maximum Gasteiger partial charge on any atom is 0.110 e. The first-order chi connectivity index (χ1) is 6.27. The number of thiophene rings is 1. The zero-order chi connectivity index (χ0) is 9.26. The van der Waals surface area contributed by atoms with Gasteiger partial charge in [0, 0.05) is 5.38 Å². The molecule has 2 rings (SSSR count). The Labute approximate surface area is 85.1 Å². The highest BCUT2D eigenvalue weighted by atomic mass is 32.1. The third-order valence-electron chi connectivity index (χ3n) is 1.69. The van der Waals surface area contributed by atoms with E-state index >= 15 is 0 Å². The Bertz CT molecular complexity index is 376. The maximum atomic E-state index is 5.73. The van der Waals surface area contributed by atoms with Crippen molar-refractivity contribution in [2.45, 2.75) is 13.0 Å². The predicted octanol–water partition coefficient (Wildman–Crippen LogP) is 2.89. The summed E-state index contributed by atoms with van der Waals surface area (Å²) in [5.41, 5.74) is 6.78. The molecular formula is C9H10N2S2. The van der Waals surface area contributed by atoms with Crippen LogP contribution in [0.5, 0.6) is 0 Å². The van der Waals surface area contributed by atoms with E-state index in [0.717, 1.165) is 10.7 Å². The minimum atomic E-state index is 0.0405. The van der Waals surface area contributed by atoms with Gasteiger partial charge in [-0.1, -0.05) is 6.07 Å². The molecule has 2 heterocycles. The quantitative estimate of drug-likeness (QED) is 0.827. The summed E-state index contributed by atoms with van der Waals surface area (Å²) in [6.07, 6.45) is 0. The van der Waals surface area contributed by atoms with E-state index in [1.54, 1.807) is 22.7 Å². The van der Waals surface area contributed by atoms with Crippen molar-refractivity contribution in [3.63, 3.8) is 0 Å². The van der Waals surface area contributed by atoms with Gasteiger partial charge in [-0.25, -0.2) is 4.98 Å². The molecule has 2 aromatic rings. The van der Waals surface area contributed by atoms with Crippen LogP contribution in [0.1, 0.15) is 18.0 Å². The van der Waals surface area contributed by atoms with Gasteiger partial charge in [0.1, 0.15) is 5.01 Å². The van der Waals surface area contributed by atoms with Gasteiger partial charge < -0.3 is 5.73 Å². The van der Waals surface area contributed by atoms with E-state index in [1.807, 2.05) is 13.0 Å². The van der Waals surface area contributed by atoms with Gasteiger partial charge in [0.25, 0.3) is 0 Å².